The number of hydrogen-bond acceptors (Lipinski definition) is 4. The minimum atomic E-state index is -1.00. The Labute approximate surface area is 111 Å². The topological polar surface area (TPSA) is 88.8 Å². The van der Waals surface area contributed by atoms with E-state index in [9.17, 15) is 9.59 Å². The zero-order valence-electron chi connectivity index (χ0n) is 11.6. The van der Waals surface area contributed by atoms with Crippen molar-refractivity contribution in [1.29, 1.82) is 0 Å². The molecule has 6 heteroatoms. The Bertz CT molecular complexity index is 479. The number of methoxy groups -OCH3 is 1. The summed E-state index contributed by atoms with van der Waals surface area (Å²) < 4.78 is 10.3. The van der Waals surface area contributed by atoms with Gasteiger partial charge in [0.1, 0.15) is 11.5 Å². The molecule has 1 atom stereocenters. The van der Waals surface area contributed by atoms with Gasteiger partial charge in [-0.2, -0.15) is 0 Å². The first-order valence-corrected chi connectivity index (χ1v) is 5.88. The van der Waals surface area contributed by atoms with Crippen molar-refractivity contribution < 1.29 is 23.8 Å². The van der Waals surface area contributed by atoms with Crippen molar-refractivity contribution in [2.24, 2.45) is 0 Å². The molecule has 1 aromatic rings. The van der Waals surface area contributed by atoms with Crippen LogP contribution < -0.4 is 5.32 Å². The molecular weight excluding hydrogens is 250 g/mol. The summed E-state index contributed by atoms with van der Waals surface area (Å²) in [5.74, 6) is -0.227. The minimum Gasteiger partial charge on any atom is -0.481 e. The molecule has 0 aromatic carbocycles. The highest BCUT2D eigenvalue weighted by Crippen LogP contribution is 2.17. The lowest BCUT2D eigenvalue weighted by atomic mass is 9.98. The van der Waals surface area contributed by atoms with Gasteiger partial charge in [0, 0.05) is 7.11 Å². The summed E-state index contributed by atoms with van der Waals surface area (Å²) in [6, 6.07) is 1.62. The largest absolute Gasteiger partial charge is 0.481 e. The number of aryl methyl sites for hydroxylation is 2. The molecule has 0 bridgehead atoms. The highest BCUT2D eigenvalue weighted by Gasteiger charge is 2.30. The first kappa shape index (κ1) is 15.2. The minimum absolute atomic E-state index is 0.112. The fourth-order valence-electron chi connectivity index (χ4n) is 1.98. The second-order valence-electron chi connectivity index (χ2n) is 4.85. The highest BCUT2D eigenvalue weighted by molar-refractivity contribution is 5.96. The number of ether oxygens (including phenoxy) is 1. The molecule has 1 rings (SSSR count). The second kappa shape index (κ2) is 5.88. The molecule has 6 nitrogen and oxygen atoms in total. The van der Waals surface area contributed by atoms with Crippen LogP contribution in [0.15, 0.2) is 10.5 Å². The standard InChI is InChI=1S/C13H19NO5/c1-8-5-10(9(2)19-8)12(17)14-13(3,7-18-4)6-11(15)16/h5H,6-7H2,1-4H3,(H,14,17)(H,15,16). The van der Waals surface area contributed by atoms with E-state index in [0.717, 1.165) is 0 Å². The molecule has 0 aliphatic carbocycles. The molecule has 2 N–H and O–H groups in total. The molecule has 0 aliphatic rings. The number of carboxylic acids is 1. The van der Waals surface area contributed by atoms with Crippen LogP contribution in [-0.2, 0) is 9.53 Å². The number of hydrogen-bond donors (Lipinski definition) is 2. The van der Waals surface area contributed by atoms with Gasteiger partial charge in [-0.3, -0.25) is 9.59 Å². The van der Waals surface area contributed by atoms with Crippen LogP contribution in [0.5, 0.6) is 0 Å². The van der Waals surface area contributed by atoms with Gasteiger partial charge < -0.3 is 19.6 Å². The third-order valence-corrected chi connectivity index (χ3v) is 2.71. The molecule has 1 heterocycles. The number of carboxylic acid groups (broad SMARTS) is 1. The maximum atomic E-state index is 12.1. The van der Waals surface area contributed by atoms with Crippen LogP contribution in [0.3, 0.4) is 0 Å². The Morgan fingerprint density at radius 1 is 1.47 bits per heavy atom. The predicted octanol–water partition coefficient (Wildman–Crippen LogP) is 1.51. The van der Waals surface area contributed by atoms with E-state index in [0.29, 0.717) is 17.1 Å². The molecule has 1 amide bonds. The predicted molar refractivity (Wildman–Crippen MR) is 68.2 cm³/mol. The number of nitrogens with one attached hydrogen (secondary N) is 1. The first-order valence-electron chi connectivity index (χ1n) is 5.88. The van der Waals surface area contributed by atoms with Gasteiger partial charge in [0.25, 0.3) is 5.91 Å². The summed E-state index contributed by atoms with van der Waals surface area (Å²) in [6.45, 7) is 5.17. The molecule has 19 heavy (non-hydrogen) atoms. The SMILES string of the molecule is COCC(C)(CC(=O)O)NC(=O)c1cc(C)oc1C. The first-order chi connectivity index (χ1) is 8.77. The van der Waals surface area contributed by atoms with E-state index in [1.54, 1.807) is 26.8 Å². The highest BCUT2D eigenvalue weighted by atomic mass is 16.5. The number of carbonyl (C=O) groups excluding carboxylic acids is 1. The molecule has 0 saturated heterocycles. The van der Waals surface area contributed by atoms with Gasteiger partial charge in [0.2, 0.25) is 0 Å². The van der Waals surface area contributed by atoms with Gasteiger partial charge in [-0.25, -0.2) is 0 Å². The van der Waals surface area contributed by atoms with E-state index >= 15 is 0 Å². The summed E-state index contributed by atoms with van der Waals surface area (Å²) in [5, 5.41) is 11.6. The lowest BCUT2D eigenvalue weighted by Gasteiger charge is -2.28. The Morgan fingerprint density at radius 3 is 2.53 bits per heavy atom. The summed E-state index contributed by atoms with van der Waals surface area (Å²) in [4.78, 5) is 23.0. The monoisotopic (exact) mass is 269 g/mol. The zero-order chi connectivity index (χ0) is 14.6. The molecule has 1 aromatic heterocycles. The third kappa shape index (κ3) is 4.10. The van der Waals surface area contributed by atoms with Crippen molar-refractivity contribution >= 4 is 11.9 Å². The fraction of sp³-hybridized carbons (Fsp3) is 0.538. The number of aliphatic carboxylic acids is 1. The van der Waals surface area contributed by atoms with E-state index in [-0.39, 0.29) is 18.9 Å². The number of carbonyl (C=O) groups is 2. The maximum absolute atomic E-state index is 12.1. The summed E-state index contributed by atoms with van der Waals surface area (Å²) in [6.07, 6.45) is -0.220. The van der Waals surface area contributed by atoms with E-state index in [2.05, 4.69) is 5.32 Å². The Hall–Kier alpha value is -1.82. The fourth-order valence-corrected chi connectivity index (χ4v) is 1.98. The van der Waals surface area contributed by atoms with Crippen LogP contribution in [0.25, 0.3) is 0 Å². The lowest BCUT2D eigenvalue weighted by Crippen LogP contribution is -2.50. The number of rotatable bonds is 6. The van der Waals surface area contributed by atoms with Crippen LogP contribution in [-0.4, -0.2) is 36.2 Å². The molecule has 0 aliphatic heterocycles. The molecule has 106 valence electrons. The molecule has 0 saturated carbocycles. The van der Waals surface area contributed by atoms with Gasteiger partial charge in [-0.05, 0) is 26.8 Å². The molecular formula is C13H19NO5. The van der Waals surface area contributed by atoms with Crippen molar-refractivity contribution in [3.8, 4) is 0 Å². The average molecular weight is 269 g/mol. The van der Waals surface area contributed by atoms with Gasteiger partial charge in [0.05, 0.1) is 24.1 Å². The van der Waals surface area contributed by atoms with E-state index in [1.807, 2.05) is 0 Å². The van der Waals surface area contributed by atoms with Gasteiger partial charge in [-0.1, -0.05) is 0 Å². The van der Waals surface area contributed by atoms with E-state index in [1.165, 1.54) is 7.11 Å². The number of amides is 1. The smallest absolute Gasteiger partial charge is 0.305 e. The van der Waals surface area contributed by atoms with Crippen molar-refractivity contribution in [3.63, 3.8) is 0 Å². The normalized spacial score (nSPS) is 13.9. The van der Waals surface area contributed by atoms with Crippen LogP contribution in [0.1, 0.15) is 35.2 Å². The average Bonchev–Trinajstić information content (AvgIpc) is 2.56. The summed E-state index contributed by atoms with van der Waals surface area (Å²) in [5.41, 5.74) is -0.555. The Balaban J connectivity index is 2.87. The molecule has 0 spiro atoms. The van der Waals surface area contributed by atoms with E-state index in [4.69, 9.17) is 14.3 Å². The summed E-state index contributed by atoms with van der Waals surface area (Å²) in [7, 11) is 1.46. The van der Waals surface area contributed by atoms with Gasteiger partial charge in [-0.15, -0.1) is 0 Å². The Kier molecular flexibility index (Phi) is 4.72. The second-order valence-corrected chi connectivity index (χ2v) is 4.85. The quantitative estimate of drug-likeness (QED) is 0.817. The van der Waals surface area contributed by atoms with Crippen molar-refractivity contribution in [2.75, 3.05) is 13.7 Å². The van der Waals surface area contributed by atoms with Crippen LogP contribution >= 0.6 is 0 Å². The van der Waals surface area contributed by atoms with Crippen LogP contribution in [0.4, 0.5) is 0 Å². The van der Waals surface area contributed by atoms with Crippen molar-refractivity contribution in [2.45, 2.75) is 32.7 Å². The zero-order valence-corrected chi connectivity index (χ0v) is 11.6. The molecule has 1 unspecified atom stereocenters. The molecule has 0 fully saturated rings. The van der Waals surface area contributed by atoms with Crippen molar-refractivity contribution in [1.82, 2.24) is 5.32 Å². The van der Waals surface area contributed by atoms with E-state index < -0.39 is 11.5 Å². The van der Waals surface area contributed by atoms with Gasteiger partial charge in [0.15, 0.2) is 0 Å². The Morgan fingerprint density at radius 2 is 2.11 bits per heavy atom. The number of furan rings is 1. The van der Waals surface area contributed by atoms with Gasteiger partial charge >= 0.3 is 5.97 Å². The molecule has 0 radical (unpaired) electrons. The van der Waals surface area contributed by atoms with Crippen molar-refractivity contribution in [3.05, 3.63) is 23.2 Å². The van der Waals surface area contributed by atoms with Crippen LogP contribution in [0, 0.1) is 13.8 Å². The lowest BCUT2D eigenvalue weighted by molar-refractivity contribution is -0.139. The maximum Gasteiger partial charge on any atom is 0.305 e. The third-order valence-electron chi connectivity index (χ3n) is 2.71. The summed E-state index contributed by atoms with van der Waals surface area (Å²) >= 11 is 0. The van der Waals surface area contributed by atoms with Crippen LogP contribution in [0.2, 0.25) is 0 Å².